The van der Waals surface area contributed by atoms with Crippen LogP contribution in [0.15, 0.2) is 72.8 Å². The van der Waals surface area contributed by atoms with E-state index >= 15 is 0 Å². The minimum atomic E-state index is 0.0382. The van der Waals surface area contributed by atoms with Crippen LogP contribution in [0.2, 0.25) is 0 Å². The van der Waals surface area contributed by atoms with E-state index in [2.05, 4.69) is 63.3 Å². The first-order chi connectivity index (χ1) is 16.8. The summed E-state index contributed by atoms with van der Waals surface area (Å²) in [4.78, 5) is 13.5. The van der Waals surface area contributed by atoms with Gasteiger partial charge >= 0.3 is 0 Å². The minimum Gasteiger partial charge on any atom is -0.351 e. The van der Waals surface area contributed by atoms with Gasteiger partial charge in [0.1, 0.15) is 0 Å². The molecule has 2 heteroatoms. The van der Waals surface area contributed by atoms with Crippen molar-refractivity contribution in [1.29, 1.82) is 0 Å². The number of amides is 1. The molecule has 0 heterocycles. The van der Waals surface area contributed by atoms with Crippen molar-refractivity contribution in [3.63, 3.8) is 0 Å². The Kier molecular flexibility index (Phi) is 6.34. The summed E-state index contributed by atoms with van der Waals surface area (Å²) in [6.07, 6.45) is 5.98. The third-order valence-electron chi connectivity index (χ3n) is 9.08. The normalized spacial score (nSPS) is 25.6. The third kappa shape index (κ3) is 4.33. The topological polar surface area (TPSA) is 29.1 Å². The molecule has 3 atom stereocenters. The van der Waals surface area contributed by atoms with Crippen LogP contribution in [0.25, 0.3) is 11.1 Å². The predicted molar refractivity (Wildman–Crippen MR) is 146 cm³/mol. The highest BCUT2D eigenvalue weighted by Gasteiger charge is 2.51. The summed E-state index contributed by atoms with van der Waals surface area (Å²) in [5, 5.41) is 3.38. The molecule has 3 aromatic rings. The van der Waals surface area contributed by atoms with Crippen LogP contribution >= 0.6 is 0 Å². The Morgan fingerprint density at radius 2 is 1.71 bits per heavy atom. The Bertz CT molecular complexity index is 1210. The van der Waals surface area contributed by atoms with Crippen molar-refractivity contribution < 1.29 is 4.79 Å². The van der Waals surface area contributed by atoms with Crippen molar-refractivity contribution in [2.75, 3.05) is 6.54 Å². The van der Waals surface area contributed by atoms with E-state index in [-0.39, 0.29) is 16.7 Å². The first-order valence-corrected chi connectivity index (χ1v) is 13.4. The van der Waals surface area contributed by atoms with E-state index < -0.39 is 0 Å². The van der Waals surface area contributed by atoms with Crippen LogP contribution in [0.1, 0.15) is 86.3 Å². The molecule has 1 N–H and O–H groups in total. The molecule has 3 unspecified atom stereocenters. The average molecular weight is 466 g/mol. The van der Waals surface area contributed by atoms with Crippen molar-refractivity contribution in [2.45, 2.75) is 71.1 Å². The van der Waals surface area contributed by atoms with E-state index in [4.69, 9.17) is 0 Å². The number of aryl methyl sites for hydroxylation is 1. The Morgan fingerprint density at radius 1 is 0.971 bits per heavy atom. The lowest BCUT2D eigenvalue weighted by Crippen LogP contribution is -2.53. The fraction of sp³-hybridized carbons (Fsp3) is 0.424. The molecular formula is C33H39NO. The Hall–Kier alpha value is -2.87. The number of carbonyl (C=O) groups excluding carboxylic acids is 1. The monoisotopic (exact) mass is 465 g/mol. The molecular weight excluding hydrogens is 426 g/mol. The standard InChI is InChI=1S/C33H39NO/c1-23(2)26-16-15-25-17-18-30-32(3,19-10-20-33(30,4)29(25)21-26)22-34-31(35)28-14-9-8-13-27(28)24-11-6-5-7-12-24/h5-9,11-16,21,23,30H,10,17-20,22H2,1-4H3,(H,34,35). The van der Waals surface area contributed by atoms with Gasteiger partial charge in [0.25, 0.3) is 5.91 Å². The number of hydrogen-bond donors (Lipinski definition) is 1. The summed E-state index contributed by atoms with van der Waals surface area (Å²) in [5.41, 5.74) is 7.68. The third-order valence-corrected chi connectivity index (χ3v) is 9.08. The summed E-state index contributed by atoms with van der Waals surface area (Å²) < 4.78 is 0. The maximum atomic E-state index is 13.5. The first-order valence-electron chi connectivity index (χ1n) is 13.4. The lowest BCUT2D eigenvalue weighted by molar-refractivity contribution is 0.0254. The number of benzene rings is 3. The van der Waals surface area contributed by atoms with Gasteiger partial charge < -0.3 is 5.32 Å². The summed E-state index contributed by atoms with van der Waals surface area (Å²) in [5.74, 6) is 1.16. The summed E-state index contributed by atoms with van der Waals surface area (Å²) in [7, 11) is 0. The average Bonchev–Trinajstić information content (AvgIpc) is 2.87. The molecule has 1 saturated carbocycles. The van der Waals surface area contributed by atoms with E-state index in [9.17, 15) is 4.79 Å². The molecule has 35 heavy (non-hydrogen) atoms. The largest absolute Gasteiger partial charge is 0.351 e. The van der Waals surface area contributed by atoms with E-state index in [1.165, 1.54) is 31.2 Å². The quantitative estimate of drug-likeness (QED) is 0.407. The van der Waals surface area contributed by atoms with Crippen molar-refractivity contribution >= 4 is 5.91 Å². The molecule has 1 amide bonds. The zero-order valence-corrected chi connectivity index (χ0v) is 21.7. The maximum absolute atomic E-state index is 13.5. The smallest absolute Gasteiger partial charge is 0.251 e. The van der Waals surface area contributed by atoms with Crippen LogP contribution in [0.3, 0.4) is 0 Å². The van der Waals surface area contributed by atoms with Gasteiger partial charge in [0.15, 0.2) is 0 Å². The number of rotatable bonds is 5. The second-order valence-corrected chi connectivity index (χ2v) is 11.7. The fourth-order valence-electron chi connectivity index (χ4n) is 7.11. The van der Waals surface area contributed by atoms with Gasteiger partial charge in [-0.05, 0) is 82.2 Å². The van der Waals surface area contributed by atoms with E-state index in [1.807, 2.05) is 42.5 Å². The lowest BCUT2D eigenvalue weighted by atomic mass is 9.49. The van der Waals surface area contributed by atoms with Crippen LogP contribution in [0, 0.1) is 11.3 Å². The minimum absolute atomic E-state index is 0.0382. The van der Waals surface area contributed by atoms with E-state index in [0.29, 0.717) is 11.8 Å². The fourth-order valence-corrected chi connectivity index (χ4v) is 7.11. The maximum Gasteiger partial charge on any atom is 0.251 e. The number of carbonyl (C=O) groups is 1. The summed E-state index contributed by atoms with van der Waals surface area (Å²) >= 11 is 0. The van der Waals surface area contributed by atoms with Gasteiger partial charge in [-0.2, -0.15) is 0 Å². The zero-order valence-electron chi connectivity index (χ0n) is 21.7. The Labute approximate surface area is 211 Å². The number of nitrogens with one attached hydrogen (secondary N) is 1. The van der Waals surface area contributed by atoms with Crippen molar-refractivity contribution in [1.82, 2.24) is 5.32 Å². The molecule has 2 aliphatic carbocycles. The van der Waals surface area contributed by atoms with Gasteiger partial charge in [0.2, 0.25) is 0 Å². The van der Waals surface area contributed by atoms with Crippen LogP contribution in [0.5, 0.6) is 0 Å². The van der Waals surface area contributed by atoms with Gasteiger partial charge in [-0.1, -0.05) is 101 Å². The molecule has 3 aromatic carbocycles. The highest BCUT2D eigenvalue weighted by Crippen LogP contribution is 2.57. The number of hydrogen-bond acceptors (Lipinski definition) is 1. The molecule has 5 rings (SSSR count). The zero-order chi connectivity index (χ0) is 24.6. The van der Waals surface area contributed by atoms with Crippen LogP contribution < -0.4 is 5.32 Å². The molecule has 0 bridgehead atoms. The van der Waals surface area contributed by atoms with Gasteiger partial charge in [-0.3, -0.25) is 4.79 Å². The molecule has 2 nitrogen and oxygen atoms in total. The van der Waals surface area contributed by atoms with Gasteiger partial charge in [-0.25, -0.2) is 0 Å². The van der Waals surface area contributed by atoms with Crippen LogP contribution in [0.4, 0.5) is 0 Å². The van der Waals surface area contributed by atoms with Gasteiger partial charge in [0, 0.05) is 12.1 Å². The molecule has 0 spiro atoms. The van der Waals surface area contributed by atoms with Crippen LogP contribution in [-0.4, -0.2) is 12.5 Å². The van der Waals surface area contributed by atoms with Crippen LogP contribution in [-0.2, 0) is 11.8 Å². The lowest BCUT2D eigenvalue weighted by Gasteiger charge is -2.55. The van der Waals surface area contributed by atoms with Gasteiger partial charge in [-0.15, -0.1) is 0 Å². The van der Waals surface area contributed by atoms with Gasteiger partial charge in [0.05, 0.1) is 0 Å². The molecule has 182 valence electrons. The van der Waals surface area contributed by atoms with E-state index in [1.54, 1.807) is 11.1 Å². The van der Waals surface area contributed by atoms with Crippen molar-refractivity contribution in [2.24, 2.45) is 11.3 Å². The Morgan fingerprint density at radius 3 is 2.49 bits per heavy atom. The molecule has 2 aliphatic rings. The summed E-state index contributed by atoms with van der Waals surface area (Å²) in [6, 6.07) is 25.4. The Balaban J connectivity index is 1.40. The molecule has 0 aromatic heterocycles. The number of fused-ring (bicyclic) bond motifs is 3. The highest BCUT2D eigenvalue weighted by atomic mass is 16.1. The molecule has 0 aliphatic heterocycles. The SMILES string of the molecule is CC(C)c1ccc2c(c1)C1(C)CCCC(C)(CNC(=O)c3ccccc3-c3ccccc3)C1CC2. The second-order valence-electron chi connectivity index (χ2n) is 11.7. The first kappa shape index (κ1) is 23.9. The van der Waals surface area contributed by atoms with Crippen molar-refractivity contribution in [3.8, 4) is 11.1 Å². The van der Waals surface area contributed by atoms with Crippen molar-refractivity contribution in [3.05, 3.63) is 95.1 Å². The molecule has 1 fully saturated rings. The predicted octanol–water partition coefficient (Wildman–Crippen LogP) is 7.92. The van der Waals surface area contributed by atoms with E-state index in [0.717, 1.165) is 29.7 Å². The highest BCUT2D eigenvalue weighted by molar-refractivity contribution is 6.00. The molecule has 0 saturated heterocycles. The summed E-state index contributed by atoms with van der Waals surface area (Å²) in [6.45, 7) is 10.2. The molecule has 0 radical (unpaired) electrons. The second kappa shape index (κ2) is 9.30.